The maximum absolute atomic E-state index is 11.5. The number of nitrogens with one attached hydrogen (secondary N) is 1. The molecule has 0 aromatic carbocycles. The van der Waals surface area contributed by atoms with Crippen LogP contribution in [0.5, 0.6) is 0 Å². The molecule has 0 amide bonds. The lowest BCUT2D eigenvalue weighted by atomic mass is 10.0. The molecule has 2 aromatic heterocycles. The molecule has 1 fully saturated rings. The van der Waals surface area contributed by atoms with E-state index in [1.807, 2.05) is 12.1 Å². The summed E-state index contributed by atoms with van der Waals surface area (Å²) in [5, 5.41) is 6.78. The predicted octanol–water partition coefficient (Wildman–Crippen LogP) is 0.691. The van der Waals surface area contributed by atoms with Gasteiger partial charge in [-0.1, -0.05) is 0 Å². The fourth-order valence-corrected chi connectivity index (χ4v) is 3.53. The zero-order chi connectivity index (χ0) is 14.9. The minimum atomic E-state index is -3.08. The van der Waals surface area contributed by atoms with Gasteiger partial charge in [-0.05, 0) is 30.9 Å². The molecule has 1 N–H and O–H groups in total. The summed E-state index contributed by atoms with van der Waals surface area (Å²) < 4.78 is 24.6. The molecule has 1 atom stereocenters. The van der Waals surface area contributed by atoms with Crippen molar-refractivity contribution in [3.05, 3.63) is 30.4 Å². The fraction of sp³-hybridized carbons (Fsp3) is 0.462. The average molecular weight is 307 g/mol. The van der Waals surface area contributed by atoms with Crippen LogP contribution in [0.2, 0.25) is 0 Å². The Bertz CT molecular complexity index is 714. The topological polar surface area (TPSA) is 91.8 Å². The largest absolute Gasteiger partial charge is 0.276 e. The summed E-state index contributed by atoms with van der Waals surface area (Å²) in [7, 11) is -3.08. The molecule has 1 aliphatic rings. The molecule has 0 spiro atoms. The lowest BCUT2D eigenvalue weighted by molar-refractivity contribution is 0.459. The SMILES string of the molecule is CS(=O)(=O)N1CCC(Cc2cc(-c3ccn[nH]3)ncn2)C1. The number of aromatic nitrogens is 4. The second-order valence-electron chi connectivity index (χ2n) is 5.34. The van der Waals surface area contributed by atoms with E-state index in [0.717, 1.165) is 29.9 Å². The van der Waals surface area contributed by atoms with Gasteiger partial charge >= 0.3 is 0 Å². The molecule has 1 saturated heterocycles. The van der Waals surface area contributed by atoms with Crippen LogP contribution in [-0.2, 0) is 16.4 Å². The van der Waals surface area contributed by atoms with Gasteiger partial charge in [-0.15, -0.1) is 0 Å². The van der Waals surface area contributed by atoms with Crippen molar-refractivity contribution in [1.29, 1.82) is 0 Å². The van der Waals surface area contributed by atoms with Gasteiger partial charge in [0, 0.05) is 25.0 Å². The van der Waals surface area contributed by atoms with E-state index in [2.05, 4.69) is 20.2 Å². The number of H-pyrrole nitrogens is 1. The lowest BCUT2D eigenvalue weighted by Gasteiger charge is -2.13. The molecule has 1 unspecified atom stereocenters. The molecule has 7 nitrogen and oxygen atoms in total. The highest BCUT2D eigenvalue weighted by molar-refractivity contribution is 7.88. The smallest absolute Gasteiger partial charge is 0.211 e. The summed E-state index contributed by atoms with van der Waals surface area (Å²) in [5.74, 6) is 0.309. The van der Waals surface area contributed by atoms with Crippen molar-refractivity contribution in [2.45, 2.75) is 12.8 Å². The maximum Gasteiger partial charge on any atom is 0.211 e. The number of aromatic amines is 1. The number of nitrogens with zero attached hydrogens (tertiary/aromatic N) is 4. The second kappa shape index (κ2) is 5.53. The minimum absolute atomic E-state index is 0.309. The van der Waals surface area contributed by atoms with Crippen molar-refractivity contribution in [3.8, 4) is 11.4 Å². The van der Waals surface area contributed by atoms with Crippen LogP contribution < -0.4 is 0 Å². The van der Waals surface area contributed by atoms with E-state index in [9.17, 15) is 8.42 Å². The van der Waals surface area contributed by atoms with E-state index in [1.54, 1.807) is 6.20 Å². The van der Waals surface area contributed by atoms with Crippen LogP contribution in [0, 0.1) is 5.92 Å². The van der Waals surface area contributed by atoms with Crippen LogP contribution in [0.25, 0.3) is 11.4 Å². The Morgan fingerprint density at radius 2 is 2.29 bits per heavy atom. The normalized spacial score (nSPS) is 20.0. The van der Waals surface area contributed by atoms with Crippen LogP contribution >= 0.6 is 0 Å². The van der Waals surface area contributed by atoms with Crippen LogP contribution in [0.1, 0.15) is 12.1 Å². The van der Waals surface area contributed by atoms with Gasteiger partial charge < -0.3 is 0 Å². The Morgan fingerprint density at radius 3 is 2.95 bits per heavy atom. The molecule has 112 valence electrons. The van der Waals surface area contributed by atoms with Crippen LogP contribution in [-0.4, -0.2) is 52.2 Å². The highest BCUT2D eigenvalue weighted by Gasteiger charge is 2.28. The monoisotopic (exact) mass is 307 g/mol. The quantitative estimate of drug-likeness (QED) is 0.897. The number of hydrogen-bond donors (Lipinski definition) is 1. The molecular formula is C13H17N5O2S. The Morgan fingerprint density at radius 1 is 1.43 bits per heavy atom. The third-order valence-corrected chi connectivity index (χ3v) is 4.99. The first kappa shape index (κ1) is 14.2. The molecule has 1 aliphatic heterocycles. The van der Waals surface area contributed by atoms with Gasteiger partial charge in [-0.25, -0.2) is 22.7 Å². The van der Waals surface area contributed by atoms with Crippen molar-refractivity contribution >= 4 is 10.0 Å². The Kier molecular flexibility index (Phi) is 3.73. The molecule has 8 heteroatoms. The molecule has 3 heterocycles. The van der Waals surface area contributed by atoms with Crippen molar-refractivity contribution in [3.63, 3.8) is 0 Å². The van der Waals surface area contributed by atoms with Crippen LogP contribution in [0.4, 0.5) is 0 Å². The third kappa shape index (κ3) is 3.27. The van der Waals surface area contributed by atoms with Crippen molar-refractivity contribution in [2.24, 2.45) is 5.92 Å². The molecule has 0 aliphatic carbocycles. The van der Waals surface area contributed by atoms with E-state index < -0.39 is 10.0 Å². The molecule has 0 bridgehead atoms. The number of rotatable bonds is 4. The van der Waals surface area contributed by atoms with E-state index in [0.29, 0.717) is 19.0 Å². The molecule has 21 heavy (non-hydrogen) atoms. The summed E-state index contributed by atoms with van der Waals surface area (Å²) in [5.41, 5.74) is 2.58. The zero-order valence-electron chi connectivity index (χ0n) is 11.7. The first-order valence-corrected chi connectivity index (χ1v) is 8.63. The standard InChI is InChI=1S/C13H17N5O2S/c1-21(19,20)18-5-3-10(8-18)6-11-7-13(15-9-14-11)12-2-4-16-17-12/h2,4,7,9-10H,3,5-6,8H2,1H3,(H,16,17). The van der Waals surface area contributed by atoms with Gasteiger partial charge in [0.1, 0.15) is 6.33 Å². The van der Waals surface area contributed by atoms with Gasteiger partial charge in [-0.2, -0.15) is 5.10 Å². The van der Waals surface area contributed by atoms with Gasteiger partial charge in [-0.3, -0.25) is 5.10 Å². The van der Waals surface area contributed by atoms with E-state index in [1.165, 1.54) is 16.9 Å². The maximum atomic E-state index is 11.5. The van der Waals surface area contributed by atoms with Gasteiger partial charge in [0.25, 0.3) is 0 Å². The van der Waals surface area contributed by atoms with Gasteiger partial charge in [0.15, 0.2) is 0 Å². The average Bonchev–Trinajstić information content (AvgIpc) is 3.09. The van der Waals surface area contributed by atoms with Crippen LogP contribution in [0.3, 0.4) is 0 Å². The molecule has 0 radical (unpaired) electrons. The third-order valence-electron chi connectivity index (χ3n) is 3.72. The summed E-state index contributed by atoms with van der Waals surface area (Å²) in [6.07, 6.45) is 6.11. The highest BCUT2D eigenvalue weighted by Crippen LogP contribution is 2.23. The fourth-order valence-electron chi connectivity index (χ4n) is 2.62. The van der Waals surface area contributed by atoms with E-state index >= 15 is 0 Å². The van der Waals surface area contributed by atoms with Crippen molar-refractivity contribution < 1.29 is 8.42 Å². The predicted molar refractivity (Wildman–Crippen MR) is 77.8 cm³/mol. The lowest BCUT2D eigenvalue weighted by Crippen LogP contribution is -2.27. The Labute approximate surface area is 123 Å². The highest BCUT2D eigenvalue weighted by atomic mass is 32.2. The summed E-state index contributed by atoms with van der Waals surface area (Å²) in [4.78, 5) is 8.51. The van der Waals surface area contributed by atoms with Crippen LogP contribution in [0.15, 0.2) is 24.7 Å². The first-order valence-electron chi connectivity index (χ1n) is 6.78. The Hall–Kier alpha value is -1.80. The van der Waals surface area contributed by atoms with Crippen molar-refractivity contribution in [1.82, 2.24) is 24.5 Å². The zero-order valence-corrected chi connectivity index (χ0v) is 12.5. The van der Waals surface area contributed by atoms with Gasteiger partial charge in [0.05, 0.1) is 17.6 Å². The van der Waals surface area contributed by atoms with Crippen molar-refractivity contribution in [2.75, 3.05) is 19.3 Å². The number of hydrogen-bond acceptors (Lipinski definition) is 5. The summed E-state index contributed by atoms with van der Waals surface area (Å²) >= 11 is 0. The molecule has 0 saturated carbocycles. The summed E-state index contributed by atoms with van der Waals surface area (Å²) in [6.45, 7) is 1.17. The van der Waals surface area contributed by atoms with Gasteiger partial charge in [0.2, 0.25) is 10.0 Å². The Balaban J connectivity index is 1.71. The van der Waals surface area contributed by atoms with E-state index in [-0.39, 0.29) is 0 Å². The summed E-state index contributed by atoms with van der Waals surface area (Å²) in [6, 6.07) is 3.78. The first-order chi connectivity index (χ1) is 10.0. The molecular weight excluding hydrogens is 290 g/mol. The molecule has 2 aromatic rings. The minimum Gasteiger partial charge on any atom is -0.276 e. The van der Waals surface area contributed by atoms with E-state index in [4.69, 9.17) is 0 Å². The second-order valence-corrected chi connectivity index (χ2v) is 7.33. The number of sulfonamides is 1. The molecule has 3 rings (SSSR count).